The summed E-state index contributed by atoms with van der Waals surface area (Å²) in [4.78, 5) is 25.1. The fraction of sp³-hybridized carbons (Fsp3) is 0.300. The first-order valence-electron chi connectivity index (χ1n) is 9.58. The molecule has 0 bridgehead atoms. The van der Waals surface area contributed by atoms with Gasteiger partial charge in [0.2, 0.25) is 0 Å². The average Bonchev–Trinajstić information content (AvgIpc) is 3.18. The van der Waals surface area contributed by atoms with E-state index in [0.29, 0.717) is 30.5 Å². The Morgan fingerprint density at radius 1 is 1.13 bits per heavy atom. The maximum Gasteiger partial charge on any atom is 0.324 e. The van der Waals surface area contributed by atoms with Crippen LogP contribution >= 0.6 is 0 Å². The third-order valence-corrected chi connectivity index (χ3v) is 4.68. The van der Waals surface area contributed by atoms with Crippen molar-refractivity contribution < 1.29 is 14.1 Å². The average molecular weight is 409 g/mol. The zero-order valence-electron chi connectivity index (χ0n) is 16.8. The molecular weight excluding hydrogens is 386 g/mol. The predicted octanol–water partition coefficient (Wildman–Crippen LogP) is 3.02. The molecule has 0 saturated carbocycles. The third-order valence-electron chi connectivity index (χ3n) is 4.68. The van der Waals surface area contributed by atoms with Crippen LogP contribution in [0.4, 0.5) is 33.6 Å². The van der Waals surface area contributed by atoms with E-state index in [4.69, 9.17) is 9.26 Å². The van der Waals surface area contributed by atoms with Crippen LogP contribution in [0.2, 0.25) is 0 Å². The van der Waals surface area contributed by atoms with Gasteiger partial charge in [0.05, 0.1) is 13.2 Å². The van der Waals surface area contributed by atoms with E-state index in [0.717, 1.165) is 30.4 Å². The number of anilines is 5. The molecule has 3 aromatic rings. The molecule has 1 aliphatic heterocycles. The quantitative estimate of drug-likeness (QED) is 0.662. The molecule has 0 spiro atoms. The van der Waals surface area contributed by atoms with Crippen LogP contribution in [-0.4, -0.2) is 54.5 Å². The number of hydrogen-bond donors (Lipinski definition) is 2. The summed E-state index contributed by atoms with van der Waals surface area (Å²) >= 11 is 0. The number of amides is 2. The van der Waals surface area contributed by atoms with Gasteiger partial charge in [-0.3, -0.25) is 5.32 Å². The van der Waals surface area contributed by atoms with Crippen molar-refractivity contribution in [3.63, 3.8) is 0 Å². The minimum absolute atomic E-state index is 0.356. The maximum absolute atomic E-state index is 12.2. The number of morpholine rings is 1. The number of ether oxygens (including phenoxy) is 1. The van der Waals surface area contributed by atoms with Gasteiger partial charge in [-0.1, -0.05) is 11.2 Å². The minimum Gasteiger partial charge on any atom is -0.378 e. The highest BCUT2D eigenvalue weighted by Crippen LogP contribution is 2.26. The molecule has 156 valence electrons. The van der Waals surface area contributed by atoms with Crippen molar-refractivity contribution in [1.29, 1.82) is 0 Å². The molecule has 0 aliphatic carbocycles. The number of hydrogen-bond acceptors (Lipinski definition) is 8. The fourth-order valence-corrected chi connectivity index (χ4v) is 3.11. The highest BCUT2D eigenvalue weighted by atomic mass is 16.5. The third kappa shape index (κ3) is 4.66. The Bertz CT molecular complexity index is 1020. The SMILES string of the molecule is Cc1cc(NC(=O)Nc2cccc(N(C)c3cc(N4CCOCC4)ncn3)c2)no1. The Morgan fingerprint density at radius 2 is 1.97 bits per heavy atom. The van der Waals surface area contributed by atoms with E-state index in [1.807, 2.05) is 42.3 Å². The second kappa shape index (κ2) is 8.78. The number of nitrogens with one attached hydrogen (secondary N) is 2. The normalized spacial score (nSPS) is 13.7. The van der Waals surface area contributed by atoms with E-state index in [-0.39, 0.29) is 0 Å². The lowest BCUT2D eigenvalue weighted by molar-refractivity contribution is 0.122. The van der Waals surface area contributed by atoms with Gasteiger partial charge in [-0.15, -0.1) is 0 Å². The van der Waals surface area contributed by atoms with Crippen molar-refractivity contribution in [2.45, 2.75) is 6.92 Å². The van der Waals surface area contributed by atoms with Crippen LogP contribution in [-0.2, 0) is 4.74 Å². The molecule has 0 atom stereocenters. The van der Waals surface area contributed by atoms with Crippen molar-refractivity contribution in [3.05, 3.63) is 48.5 Å². The standard InChI is InChI=1S/C20H23N7O3/c1-14-10-17(25-30-14)24-20(28)23-15-4-3-5-16(11-15)26(2)18-12-19(22-13-21-18)27-6-8-29-9-7-27/h3-5,10-13H,6-9H2,1-2H3,(H2,23,24,25,28). The molecule has 1 aliphatic rings. The van der Waals surface area contributed by atoms with Gasteiger partial charge in [0.15, 0.2) is 5.82 Å². The molecule has 0 radical (unpaired) electrons. The Labute approximate surface area is 173 Å². The molecule has 10 nitrogen and oxygen atoms in total. The lowest BCUT2D eigenvalue weighted by Crippen LogP contribution is -2.36. The molecule has 2 aromatic heterocycles. The van der Waals surface area contributed by atoms with Crippen LogP contribution in [0.3, 0.4) is 0 Å². The molecule has 1 aromatic carbocycles. The largest absolute Gasteiger partial charge is 0.378 e. The van der Waals surface area contributed by atoms with Gasteiger partial charge < -0.3 is 24.4 Å². The fourth-order valence-electron chi connectivity index (χ4n) is 3.11. The van der Waals surface area contributed by atoms with E-state index in [2.05, 4.69) is 30.7 Å². The zero-order valence-corrected chi connectivity index (χ0v) is 16.8. The van der Waals surface area contributed by atoms with E-state index in [1.165, 1.54) is 0 Å². The summed E-state index contributed by atoms with van der Waals surface area (Å²) in [6, 6.07) is 10.7. The van der Waals surface area contributed by atoms with Crippen molar-refractivity contribution >= 4 is 34.9 Å². The molecule has 2 amide bonds. The predicted molar refractivity (Wildman–Crippen MR) is 113 cm³/mol. The van der Waals surface area contributed by atoms with Crippen LogP contribution in [0.15, 0.2) is 47.2 Å². The van der Waals surface area contributed by atoms with Crippen molar-refractivity contribution in [3.8, 4) is 0 Å². The van der Waals surface area contributed by atoms with Crippen LogP contribution < -0.4 is 20.4 Å². The second-order valence-corrected chi connectivity index (χ2v) is 6.85. The summed E-state index contributed by atoms with van der Waals surface area (Å²) in [5.74, 6) is 2.60. The molecule has 4 rings (SSSR count). The van der Waals surface area contributed by atoms with E-state index in [9.17, 15) is 4.79 Å². The first-order valence-corrected chi connectivity index (χ1v) is 9.58. The Balaban J connectivity index is 1.45. The van der Waals surface area contributed by atoms with E-state index in [1.54, 1.807) is 19.3 Å². The molecular formula is C20H23N7O3. The number of urea groups is 1. The van der Waals surface area contributed by atoms with Crippen LogP contribution in [0.5, 0.6) is 0 Å². The Hall–Kier alpha value is -3.66. The summed E-state index contributed by atoms with van der Waals surface area (Å²) < 4.78 is 10.4. The molecule has 2 N–H and O–H groups in total. The number of carbonyl (C=O) groups is 1. The zero-order chi connectivity index (χ0) is 20.9. The van der Waals surface area contributed by atoms with Gasteiger partial charge >= 0.3 is 6.03 Å². The number of benzene rings is 1. The van der Waals surface area contributed by atoms with Crippen LogP contribution in [0.1, 0.15) is 5.76 Å². The molecule has 1 saturated heterocycles. The maximum atomic E-state index is 12.2. The number of nitrogens with zero attached hydrogens (tertiary/aromatic N) is 5. The minimum atomic E-state index is -0.403. The van der Waals surface area contributed by atoms with Gasteiger partial charge in [0.1, 0.15) is 23.7 Å². The number of carbonyl (C=O) groups excluding carboxylic acids is 1. The van der Waals surface area contributed by atoms with Gasteiger partial charge in [0, 0.05) is 43.6 Å². The number of aryl methyl sites for hydroxylation is 1. The van der Waals surface area contributed by atoms with E-state index >= 15 is 0 Å². The van der Waals surface area contributed by atoms with Crippen molar-refractivity contribution in [1.82, 2.24) is 15.1 Å². The molecule has 10 heteroatoms. The van der Waals surface area contributed by atoms with Gasteiger partial charge in [-0.25, -0.2) is 14.8 Å². The summed E-state index contributed by atoms with van der Waals surface area (Å²) in [5.41, 5.74) is 1.51. The lowest BCUT2D eigenvalue weighted by Gasteiger charge is -2.28. The Kier molecular flexibility index (Phi) is 5.75. The Morgan fingerprint density at radius 3 is 2.73 bits per heavy atom. The first-order chi connectivity index (χ1) is 14.6. The smallest absolute Gasteiger partial charge is 0.324 e. The van der Waals surface area contributed by atoms with E-state index < -0.39 is 6.03 Å². The molecule has 3 heterocycles. The number of aromatic nitrogens is 3. The summed E-state index contributed by atoms with van der Waals surface area (Å²) in [6.45, 7) is 4.75. The van der Waals surface area contributed by atoms with Crippen LogP contribution in [0.25, 0.3) is 0 Å². The topological polar surface area (TPSA) is 109 Å². The highest BCUT2D eigenvalue weighted by Gasteiger charge is 2.15. The molecule has 0 unspecified atom stereocenters. The monoisotopic (exact) mass is 409 g/mol. The summed E-state index contributed by atoms with van der Waals surface area (Å²) in [6.07, 6.45) is 1.56. The summed E-state index contributed by atoms with van der Waals surface area (Å²) in [5, 5.41) is 9.18. The molecule has 1 fully saturated rings. The van der Waals surface area contributed by atoms with Gasteiger partial charge in [0.25, 0.3) is 0 Å². The van der Waals surface area contributed by atoms with Crippen molar-refractivity contribution in [2.75, 3.05) is 53.8 Å². The second-order valence-electron chi connectivity index (χ2n) is 6.85. The van der Waals surface area contributed by atoms with Gasteiger partial charge in [-0.2, -0.15) is 0 Å². The van der Waals surface area contributed by atoms with Gasteiger partial charge in [-0.05, 0) is 25.1 Å². The number of rotatable bonds is 5. The highest BCUT2D eigenvalue weighted by molar-refractivity contribution is 5.99. The summed E-state index contributed by atoms with van der Waals surface area (Å²) in [7, 11) is 1.92. The van der Waals surface area contributed by atoms with Crippen molar-refractivity contribution in [2.24, 2.45) is 0 Å². The molecule has 30 heavy (non-hydrogen) atoms. The lowest BCUT2D eigenvalue weighted by atomic mass is 10.2. The van der Waals surface area contributed by atoms with Crippen LogP contribution in [0, 0.1) is 6.92 Å². The first kappa shape index (κ1) is 19.6.